The molecule has 40 heavy (non-hydrogen) atoms. The Morgan fingerprint density at radius 1 is 1.05 bits per heavy atom. The first kappa shape index (κ1) is 29.2. The topological polar surface area (TPSA) is 120 Å². The van der Waals surface area contributed by atoms with Crippen molar-refractivity contribution < 1.29 is 31.2 Å². The van der Waals surface area contributed by atoms with Gasteiger partial charge in [0.15, 0.2) is 0 Å². The molecule has 2 unspecified atom stereocenters. The van der Waals surface area contributed by atoms with Gasteiger partial charge in [-0.15, -0.1) is 15.7 Å². The molecule has 0 aliphatic carbocycles. The van der Waals surface area contributed by atoms with Gasteiger partial charge in [-0.05, 0) is 60.3 Å². The lowest BCUT2D eigenvalue weighted by atomic mass is 9.90. The zero-order valence-corrected chi connectivity index (χ0v) is 23.2. The quantitative estimate of drug-likeness (QED) is 0.310. The number of thiophene rings is 1. The number of sulfonamides is 1. The lowest BCUT2D eigenvalue weighted by Gasteiger charge is -2.25. The molecular formula is C25H21ClF3N5O4S2. The van der Waals surface area contributed by atoms with Crippen LogP contribution in [-0.2, 0) is 21.0 Å². The molecule has 2 atom stereocenters. The molecule has 210 valence electrons. The second kappa shape index (κ2) is 11.4. The summed E-state index contributed by atoms with van der Waals surface area (Å²) in [5, 5.41) is 12.4. The predicted octanol–water partition coefficient (Wildman–Crippen LogP) is 5.20. The summed E-state index contributed by atoms with van der Waals surface area (Å²) in [5.74, 6) is -1.67. The van der Waals surface area contributed by atoms with Gasteiger partial charge in [0.25, 0.3) is 10.0 Å². The van der Waals surface area contributed by atoms with Crippen molar-refractivity contribution in [3.63, 3.8) is 0 Å². The molecule has 1 aliphatic rings. The number of imide groups is 1. The average Bonchev–Trinajstić information content (AvgIpc) is 3.51. The van der Waals surface area contributed by atoms with Gasteiger partial charge >= 0.3 is 12.2 Å². The fourth-order valence-electron chi connectivity index (χ4n) is 3.97. The summed E-state index contributed by atoms with van der Waals surface area (Å²) in [4.78, 5) is 24.3. The number of hydrogen-bond acceptors (Lipinski definition) is 6. The first-order valence-electron chi connectivity index (χ1n) is 11.5. The van der Waals surface area contributed by atoms with Crippen LogP contribution in [0.4, 0.5) is 18.0 Å². The van der Waals surface area contributed by atoms with E-state index in [1.165, 1.54) is 16.3 Å². The van der Waals surface area contributed by atoms with Crippen molar-refractivity contribution in [2.24, 2.45) is 9.50 Å². The lowest BCUT2D eigenvalue weighted by Crippen LogP contribution is -2.49. The number of carbonyl (C=O) groups excluding carboxylic acids is 2. The van der Waals surface area contributed by atoms with Crippen molar-refractivity contribution in [2.75, 3.05) is 0 Å². The highest BCUT2D eigenvalue weighted by Crippen LogP contribution is 2.37. The van der Waals surface area contributed by atoms with E-state index in [-0.39, 0.29) is 0 Å². The van der Waals surface area contributed by atoms with Gasteiger partial charge in [0, 0.05) is 16.8 Å². The van der Waals surface area contributed by atoms with Gasteiger partial charge in [-0.1, -0.05) is 29.8 Å². The van der Waals surface area contributed by atoms with Crippen LogP contribution < -0.4 is 10.6 Å². The second-order valence-corrected chi connectivity index (χ2v) is 11.6. The fourth-order valence-corrected chi connectivity index (χ4v) is 5.97. The molecule has 0 radical (unpaired) electrons. The van der Waals surface area contributed by atoms with E-state index < -0.39 is 56.5 Å². The van der Waals surface area contributed by atoms with E-state index in [9.17, 15) is 31.2 Å². The van der Waals surface area contributed by atoms with E-state index in [1.807, 2.05) is 22.8 Å². The molecule has 2 aromatic carbocycles. The Morgan fingerprint density at radius 3 is 2.25 bits per heavy atom. The fraction of sp³-hybridized carbons (Fsp3) is 0.200. The number of amides is 3. The minimum Gasteiger partial charge on any atom is -0.278 e. The number of halogens is 4. The van der Waals surface area contributed by atoms with Crippen LogP contribution >= 0.6 is 22.9 Å². The van der Waals surface area contributed by atoms with Crippen molar-refractivity contribution in [2.45, 2.75) is 36.9 Å². The Bertz CT molecular complexity index is 1570. The third-order valence-corrected chi connectivity index (χ3v) is 8.27. The summed E-state index contributed by atoms with van der Waals surface area (Å²) in [7, 11) is -4.65. The van der Waals surface area contributed by atoms with E-state index in [0.29, 0.717) is 28.4 Å². The van der Waals surface area contributed by atoms with Crippen LogP contribution in [-0.4, -0.2) is 43.1 Å². The van der Waals surface area contributed by atoms with Crippen LogP contribution in [0.5, 0.6) is 0 Å². The molecule has 1 aromatic heterocycles. The minimum absolute atomic E-state index is 0.391. The van der Waals surface area contributed by atoms with Crippen molar-refractivity contribution in [3.8, 4) is 0 Å². The maximum absolute atomic E-state index is 13.2. The number of hydrazone groups is 1. The molecule has 15 heteroatoms. The Morgan fingerprint density at radius 2 is 1.70 bits per heavy atom. The Kier molecular flexibility index (Phi) is 8.33. The van der Waals surface area contributed by atoms with Gasteiger partial charge in [-0.3, -0.25) is 15.4 Å². The highest BCUT2D eigenvalue weighted by Gasteiger charge is 2.40. The molecule has 4 rings (SSSR count). The van der Waals surface area contributed by atoms with Crippen molar-refractivity contribution in [3.05, 3.63) is 87.1 Å². The number of benzene rings is 2. The minimum atomic E-state index is -4.67. The van der Waals surface area contributed by atoms with Crippen LogP contribution in [0.25, 0.3) is 0 Å². The molecule has 0 spiro atoms. The average molecular weight is 612 g/mol. The van der Waals surface area contributed by atoms with E-state index in [1.54, 1.807) is 31.2 Å². The van der Waals surface area contributed by atoms with E-state index in [4.69, 9.17) is 11.6 Å². The summed E-state index contributed by atoms with van der Waals surface area (Å²) in [6.07, 6.45) is -4.67. The van der Waals surface area contributed by atoms with Crippen molar-refractivity contribution in [1.82, 2.24) is 15.6 Å². The van der Waals surface area contributed by atoms with Gasteiger partial charge in [-0.2, -0.15) is 26.7 Å². The van der Waals surface area contributed by atoms with Gasteiger partial charge in [0.1, 0.15) is 0 Å². The monoisotopic (exact) mass is 611 g/mol. The zero-order chi connectivity index (χ0) is 29.2. The van der Waals surface area contributed by atoms with Gasteiger partial charge in [0.2, 0.25) is 11.9 Å². The molecule has 0 fully saturated rings. The lowest BCUT2D eigenvalue weighted by molar-refractivity contribution is -0.137. The number of urea groups is 1. The maximum atomic E-state index is 13.2. The van der Waals surface area contributed by atoms with Crippen LogP contribution in [0.1, 0.15) is 35.8 Å². The largest absolute Gasteiger partial charge is 0.416 e. The molecule has 9 nitrogen and oxygen atoms in total. The normalized spacial score (nSPS) is 17.9. The molecule has 2 heterocycles. The van der Waals surface area contributed by atoms with E-state index in [0.717, 1.165) is 23.9 Å². The number of guanidine groups is 1. The summed E-state index contributed by atoms with van der Waals surface area (Å²) in [6.45, 7) is 2.82. The van der Waals surface area contributed by atoms with Crippen molar-refractivity contribution in [1.29, 1.82) is 0 Å². The molecule has 3 amide bonds. The van der Waals surface area contributed by atoms with Crippen LogP contribution in [0.2, 0.25) is 5.02 Å². The first-order chi connectivity index (χ1) is 18.8. The SMILES string of the molecule is CC(=O)NC(=O)NC(=NS(=O)(=O)c1ccc(C(F)(F)F)cc1)N1N=C(c2ccc(Cl)cc2)C(c2cccs2)C1C. The van der Waals surface area contributed by atoms with Gasteiger partial charge in [0.05, 0.1) is 28.1 Å². The van der Waals surface area contributed by atoms with Gasteiger partial charge in [-0.25, -0.2) is 9.80 Å². The van der Waals surface area contributed by atoms with Crippen LogP contribution in [0, 0.1) is 0 Å². The summed E-state index contributed by atoms with van der Waals surface area (Å²) in [6, 6.07) is 11.6. The molecular weight excluding hydrogens is 591 g/mol. The molecule has 3 aromatic rings. The Hall–Kier alpha value is -3.75. The maximum Gasteiger partial charge on any atom is 0.416 e. The van der Waals surface area contributed by atoms with Crippen LogP contribution in [0.15, 0.2) is 80.4 Å². The number of rotatable bonds is 4. The number of hydrogen-bond donors (Lipinski definition) is 2. The summed E-state index contributed by atoms with van der Waals surface area (Å²) < 4.78 is 69.0. The molecule has 1 aliphatic heterocycles. The standard InChI is InChI=1S/C25H21ClF3N5O4S2/c1-14-21(20-4-3-13-39-20)22(16-5-9-18(26)10-6-16)32-34(14)23(31-24(36)30-15(2)35)33-40(37,38)19-11-7-17(8-12-19)25(27,28)29/h3-14,21H,1-2H3,(H2,30,31,33,35,36). The van der Waals surface area contributed by atoms with Crippen molar-refractivity contribution >= 4 is 56.6 Å². The van der Waals surface area contributed by atoms with Gasteiger partial charge < -0.3 is 0 Å². The predicted molar refractivity (Wildman–Crippen MR) is 145 cm³/mol. The Labute approximate surface area is 236 Å². The number of nitrogens with zero attached hydrogens (tertiary/aromatic N) is 3. The molecule has 2 N–H and O–H groups in total. The zero-order valence-electron chi connectivity index (χ0n) is 20.8. The molecule has 0 bridgehead atoms. The summed E-state index contributed by atoms with van der Waals surface area (Å²) >= 11 is 7.49. The highest BCUT2D eigenvalue weighted by atomic mass is 35.5. The summed E-state index contributed by atoms with van der Waals surface area (Å²) in [5.41, 5.74) is 0.161. The number of alkyl halides is 3. The Balaban J connectivity index is 1.81. The molecule has 0 saturated carbocycles. The number of carbonyl (C=O) groups is 2. The molecule has 0 saturated heterocycles. The second-order valence-electron chi connectivity index (χ2n) is 8.62. The van der Waals surface area contributed by atoms with E-state index in [2.05, 4.69) is 14.8 Å². The highest BCUT2D eigenvalue weighted by molar-refractivity contribution is 7.90. The smallest absolute Gasteiger partial charge is 0.278 e. The van der Waals surface area contributed by atoms with E-state index >= 15 is 0 Å². The third kappa shape index (κ3) is 6.51. The van der Waals surface area contributed by atoms with Crippen LogP contribution in [0.3, 0.4) is 0 Å². The third-order valence-electron chi connectivity index (χ3n) is 5.79. The first-order valence-corrected chi connectivity index (χ1v) is 14.2. The number of nitrogens with one attached hydrogen (secondary N) is 2.